The lowest BCUT2D eigenvalue weighted by Gasteiger charge is -2.14. The fourth-order valence-electron chi connectivity index (χ4n) is 3.27. The maximum Gasteiger partial charge on any atom is 0.252 e. The molecule has 0 bridgehead atoms. The molecule has 0 radical (unpaired) electrons. The SMILES string of the molecule is C[C@@H](CNC(=O)c1cc(-c2ccncc2)nc2ccccc12)c1ccccc1. The topological polar surface area (TPSA) is 54.9 Å². The zero-order valence-electron chi connectivity index (χ0n) is 15.7. The predicted molar refractivity (Wildman–Crippen MR) is 112 cm³/mol. The largest absolute Gasteiger partial charge is 0.351 e. The van der Waals surface area contributed by atoms with Gasteiger partial charge in [0.15, 0.2) is 0 Å². The summed E-state index contributed by atoms with van der Waals surface area (Å²) in [4.78, 5) is 21.8. The van der Waals surface area contributed by atoms with Crippen LogP contribution >= 0.6 is 0 Å². The number of amides is 1. The standard InChI is InChI=1S/C24H21N3O/c1-17(18-7-3-2-4-8-18)16-26-24(28)21-15-23(19-11-13-25-14-12-19)27-22-10-6-5-9-20(21)22/h2-15,17H,16H2,1H3,(H,26,28)/t17-/m0/s1. The lowest BCUT2D eigenvalue weighted by atomic mass is 10.0. The normalized spacial score (nSPS) is 11.9. The van der Waals surface area contributed by atoms with Gasteiger partial charge in [-0.2, -0.15) is 0 Å². The molecule has 0 aliphatic heterocycles. The van der Waals surface area contributed by atoms with Crippen molar-refractivity contribution in [1.29, 1.82) is 0 Å². The highest BCUT2D eigenvalue weighted by Crippen LogP contribution is 2.24. The Bertz CT molecular complexity index is 1090. The Morgan fingerprint density at radius 2 is 1.68 bits per heavy atom. The zero-order valence-corrected chi connectivity index (χ0v) is 15.7. The maximum absolute atomic E-state index is 13.0. The Morgan fingerprint density at radius 1 is 0.964 bits per heavy atom. The van der Waals surface area contributed by atoms with E-state index in [-0.39, 0.29) is 11.8 Å². The van der Waals surface area contributed by atoms with Crippen molar-refractivity contribution < 1.29 is 4.79 Å². The molecule has 0 spiro atoms. The van der Waals surface area contributed by atoms with Gasteiger partial charge in [-0.15, -0.1) is 0 Å². The summed E-state index contributed by atoms with van der Waals surface area (Å²) < 4.78 is 0. The number of hydrogen-bond acceptors (Lipinski definition) is 3. The van der Waals surface area contributed by atoms with E-state index in [1.165, 1.54) is 5.56 Å². The molecule has 2 aromatic heterocycles. The number of carbonyl (C=O) groups excluding carboxylic acids is 1. The molecule has 2 heterocycles. The first kappa shape index (κ1) is 17.9. The van der Waals surface area contributed by atoms with Gasteiger partial charge in [-0.1, -0.05) is 55.5 Å². The third-order valence-corrected chi connectivity index (χ3v) is 4.87. The summed E-state index contributed by atoms with van der Waals surface area (Å²) in [6, 6.07) is 23.6. The molecule has 138 valence electrons. The van der Waals surface area contributed by atoms with Gasteiger partial charge in [-0.05, 0) is 35.7 Å². The fourth-order valence-corrected chi connectivity index (χ4v) is 3.27. The van der Waals surface area contributed by atoms with Gasteiger partial charge in [0.1, 0.15) is 0 Å². The number of nitrogens with one attached hydrogen (secondary N) is 1. The highest BCUT2D eigenvalue weighted by molar-refractivity contribution is 6.07. The number of aromatic nitrogens is 2. The first-order valence-electron chi connectivity index (χ1n) is 9.35. The van der Waals surface area contributed by atoms with Crippen molar-refractivity contribution in [2.75, 3.05) is 6.54 Å². The molecule has 0 aliphatic rings. The molecule has 0 saturated heterocycles. The number of benzene rings is 2. The number of nitrogens with zero attached hydrogens (tertiary/aromatic N) is 2. The van der Waals surface area contributed by atoms with E-state index in [4.69, 9.17) is 4.98 Å². The number of fused-ring (bicyclic) bond motifs is 1. The van der Waals surface area contributed by atoms with Crippen molar-refractivity contribution in [2.45, 2.75) is 12.8 Å². The van der Waals surface area contributed by atoms with Gasteiger partial charge in [0.25, 0.3) is 5.91 Å². The van der Waals surface area contributed by atoms with Crippen LogP contribution in [-0.2, 0) is 0 Å². The van der Waals surface area contributed by atoms with Crippen LogP contribution in [0.4, 0.5) is 0 Å². The molecule has 0 aliphatic carbocycles. The Hall–Kier alpha value is -3.53. The summed E-state index contributed by atoms with van der Waals surface area (Å²) in [5, 5.41) is 3.94. The van der Waals surface area contributed by atoms with Crippen LogP contribution in [0.1, 0.15) is 28.8 Å². The number of rotatable bonds is 5. The third kappa shape index (κ3) is 3.76. The van der Waals surface area contributed by atoms with Crippen molar-refractivity contribution in [3.63, 3.8) is 0 Å². The van der Waals surface area contributed by atoms with E-state index in [0.717, 1.165) is 22.2 Å². The minimum Gasteiger partial charge on any atom is -0.351 e. The lowest BCUT2D eigenvalue weighted by molar-refractivity contribution is 0.0953. The molecular formula is C24H21N3O. The Balaban J connectivity index is 1.64. The average Bonchev–Trinajstić information content (AvgIpc) is 2.77. The second kappa shape index (κ2) is 8.01. The van der Waals surface area contributed by atoms with E-state index >= 15 is 0 Å². The minimum atomic E-state index is -0.0864. The molecule has 0 fully saturated rings. The summed E-state index contributed by atoms with van der Waals surface area (Å²) in [6.45, 7) is 2.69. The molecule has 4 rings (SSSR count). The van der Waals surface area contributed by atoms with Crippen LogP contribution in [0.15, 0.2) is 85.2 Å². The van der Waals surface area contributed by atoms with E-state index in [1.54, 1.807) is 12.4 Å². The smallest absolute Gasteiger partial charge is 0.252 e. The lowest BCUT2D eigenvalue weighted by Crippen LogP contribution is -2.27. The monoisotopic (exact) mass is 367 g/mol. The molecule has 1 N–H and O–H groups in total. The quantitative estimate of drug-likeness (QED) is 0.550. The Labute approximate surface area is 164 Å². The fraction of sp³-hybridized carbons (Fsp3) is 0.125. The summed E-state index contributed by atoms with van der Waals surface area (Å²) in [5.41, 5.74) is 4.35. The molecular weight excluding hydrogens is 346 g/mol. The first-order chi connectivity index (χ1) is 13.7. The first-order valence-corrected chi connectivity index (χ1v) is 9.35. The highest BCUT2D eigenvalue weighted by Gasteiger charge is 2.15. The second-order valence-electron chi connectivity index (χ2n) is 6.83. The molecule has 2 aromatic carbocycles. The van der Waals surface area contributed by atoms with E-state index in [1.807, 2.05) is 60.7 Å². The molecule has 0 unspecified atom stereocenters. The van der Waals surface area contributed by atoms with Gasteiger partial charge in [0, 0.05) is 29.9 Å². The molecule has 1 amide bonds. The van der Waals surface area contributed by atoms with Crippen LogP contribution < -0.4 is 5.32 Å². The van der Waals surface area contributed by atoms with Crippen LogP contribution in [-0.4, -0.2) is 22.4 Å². The third-order valence-electron chi connectivity index (χ3n) is 4.87. The molecule has 4 heteroatoms. The summed E-state index contributed by atoms with van der Waals surface area (Å²) in [6.07, 6.45) is 3.46. The van der Waals surface area contributed by atoms with Crippen LogP contribution in [0, 0.1) is 0 Å². The van der Waals surface area contributed by atoms with E-state index in [9.17, 15) is 4.79 Å². The van der Waals surface area contributed by atoms with Gasteiger partial charge in [-0.25, -0.2) is 4.98 Å². The molecule has 1 atom stereocenters. The summed E-state index contributed by atoms with van der Waals surface area (Å²) >= 11 is 0. The second-order valence-corrected chi connectivity index (χ2v) is 6.83. The number of para-hydroxylation sites is 1. The average molecular weight is 367 g/mol. The van der Waals surface area contributed by atoms with Gasteiger partial charge in [-0.3, -0.25) is 9.78 Å². The van der Waals surface area contributed by atoms with E-state index in [0.29, 0.717) is 12.1 Å². The van der Waals surface area contributed by atoms with E-state index < -0.39 is 0 Å². The zero-order chi connectivity index (χ0) is 19.3. The maximum atomic E-state index is 13.0. The van der Waals surface area contributed by atoms with Crippen molar-refractivity contribution >= 4 is 16.8 Å². The van der Waals surface area contributed by atoms with Gasteiger partial charge < -0.3 is 5.32 Å². The van der Waals surface area contributed by atoms with Gasteiger partial charge >= 0.3 is 0 Å². The van der Waals surface area contributed by atoms with Crippen LogP contribution in [0.2, 0.25) is 0 Å². The highest BCUT2D eigenvalue weighted by atomic mass is 16.1. The van der Waals surface area contributed by atoms with Crippen LogP contribution in [0.25, 0.3) is 22.2 Å². The Kier molecular flexibility index (Phi) is 5.11. The summed E-state index contributed by atoms with van der Waals surface area (Å²) in [5.74, 6) is 0.148. The Morgan fingerprint density at radius 3 is 2.46 bits per heavy atom. The van der Waals surface area contributed by atoms with Crippen molar-refractivity contribution in [3.05, 3.63) is 96.3 Å². The molecule has 4 nitrogen and oxygen atoms in total. The van der Waals surface area contributed by atoms with Crippen LogP contribution in [0.5, 0.6) is 0 Å². The molecule has 4 aromatic rings. The van der Waals surface area contributed by atoms with Crippen molar-refractivity contribution in [1.82, 2.24) is 15.3 Å². The van der Waals surface area contributed by atoms with Crippen molar-refractivity contribution in [3.8, 4) is 11.3 Å². The number of hydrogen-bond donors (Lipinski definition) is 1. The molecule has 28 heavy (non-hydrogen) atoms. The van der Waals surface area contributed by atoms with Gasteiger partial charge in [0.2, 0.25) is 0 Å². The van der Waals surface area contributed by atoms with Crippen molar-refractivity contribution in [2.24, 2.45) is 0 Å². The van der Waals surface area contributed by atoms with Crippen LogP contribution in [0.3, 0.4) is 0 Å². The minimum absolute atomic E-state index is 0.0864. The number of pyridine rings is 2. The molecule has 0 saturated carbocycles. The predicted octanol–water partition coefficient (Wildman–Crippen LogP) is 4.83. The van der Waals surface area contributed by atoms with Gasteiger partial charge in [0.05, 0.1) is 16.8 Å². The van der Waals surface area contributed by atoms with E-state index in [2.05, 4.69) is 29.4 Å². The summed E-state index contributed by atoms with van der Waals surface area (Å²) in [7, 11) is 0. The number of carbonyl (C=O) groups is 1.